The minimum atomic E-state index is 0.243. The minimum absolute atomic E-state index is 0.243. The first-order valence-corrected chi connectivity index (χ1v) is 8.32. The van der Waals surface area contributed by atoms with Crippen molar-refractivity contribution in [2.24, 2.45) is 23.5 Å². The predicted molar refractivity (Wildman–Crippen MR) is 76.6 cm³/mol. The van der Waals surface area contributed by atoms with Crippen molar-refractivity contribution in [1.29, 1.82) is 0 Å². The van der Waals surface area contributed by atoms with Crippen molar-refractivity contribution in [2.45, 2.75) is 63.8 Å². The third kappa shape index (κ3) is 2.54. The summed E-state index contributed by atoms with van der Waals surface area (Å²) in [6.07, 6.45) is 11.3. The van der Waals surface area contributed by atoms with Gasteiger partial charge in [-0.3, -0.25) is 4.79 Å². The average Bonchev–Trinajstić information content (AvgIpc) is 3.16. The zero-order chi connectivity index (χ0) is 13.2. The van der Waals surface area contributed by atoms with E-state index in [4.69, 9.17) is 5.73 Å². The highest BCUT2D eigenvalue weighted by Gasteiger charge is 2.41. The molecule has 19 heavy (non-hydrogen) atoms. The molecule has 1 unspecified atom stereocenters. The van der Waals surface area contributed by atoms with Crippen molar-refractivity contribution in [2.75, 3.05) is 13.1 Å². The Labute approximate surface area is 116 Å². The fraction of sp³-hybridized carbons (Fsp3) is 0.938. The molecule has 0 aromatic heterocycles. The summed E-state index contributed by atoms with van der Waals surface area (Å²) in [7, 11) is 0. The van der Waals surface area contributed by atoms with E-state index in [1.54, 1.807) is 0 Å². The number of nitrogens with two attached hydrogens (primary N) is 1. The van der Waals surface area contributed by atoms with Gasteiger partial charge in [0.05, 0.1) is 0 Å². The van der Waals surface area contributed by atoms with Crippen LogP contribution in [0, 0.1) is 17.8 Å². The van der Waals surface area contributed by atoms with E-state index in [1.165, 1.54) is 44.9 Å². The Hall–Kier alpha value is -0.570. The van der Waals surface area contributed by atoms with Gasteiger partial charge in [-0.15, -0.1) is 0 Å². The first-order valence-electron chi connectivity index (χ1n) is 8.32. The monoisotopic (exact) mass is 264 g/mol. The van der Waals surface area contributed by atoms with Gasteiger partial charge >= 0.3 is 0 Å². The molecule has 1 amide bonds. The van der Waals surface area contributed by atoms with E-state index in [1.807, 2.05) is 0 Å². The van der Waals surface area contributed by atoms with Gasteiger partial charge in [-0.25, -0.2) is 0 Å². The minimum Gasteiger partial charge on any atom is -0.339 e. The van der Waals surface area contributed by atoms with Crippen molar-refractivity contribution in [3.05, 3.63) is 0 Å². The molecule has 108 valence electrons. The van der Waals surface area contributed by atoms with Crippen molar-refractivity contribution in [3.8, 4) is 0 Å². The highest BCUT2D eigenvalue weighted by molar-refractivity contribution is 5.80. The van der Waals surface area contributed by atoms with Crippen molar-refractivity contribution in [1.82, 2.24) is 4.90 Å². The Balaban J connectivity index is 1.67. The first-order chi connectivity index (χ1) is 9.31. The fourth-order valence-electron chi connectivity index (χ4n) is 4.76. The second-order valence-electron chi connectivity index (χ2n) is 6.82. The first kappa shape index (κ1) is 13.4. The van der Waals surface area contributed by atoms with Crippen LogP contribution in [0.4, 0.5) is 0 Å². The highest BCUT2D eigenvalue weighted by Crippen LogP contribution is 2.39. The molecule has 3 heteroatoms. The molecule has 3 atom stereocenters. The van der Waals surface area contributed by atoms with Crippen LogP contribution in [0.25, 0.3) is 0 Å². The number of amides is 1. The van der Waals surface area contributed by atoms with Gasteiger partial charge in [-0.2, -0.15) is 0 Å². The van der Waals surface area contributed by atoms with Gasteiger partial charge < -0.3 is 10.6 Å². The SMILES string of the molecule is NC[C@H]1CCC[C@H]1C(=O)N1CCCC1C1CCCC1. The number of hydrogen-bond acceptors (Lipinski definition) is 2. The summed E-state index contributed by atoms with van der Waals surface area (Å²) in [6.45, 7) is 1.70. The molecule has 0 aromatic carbocycles. The summed E-state index contributed by atoms with van der Waals surface area (Å²) >= 11 is 0. The predicted octanol–water partition coefficient (Wildman–Crippen LogP) is 2.54. The molecular formula is C16H28N2O. The molecule has 3 nitrogen and oxygen atoms in total. The smallest absolute Gasteiger partial charge is 0.226 e. The number of carbonyl (C=O) groups is 1. The van der Waals surface area contributed by atoms with Gasteiger partial charge in [0.15, 0.2) is 0 Å². The number of hydrogen-bond donors (Lipinski definition) is 1. The highest BCUT2D eigenvalue weighted by atomic mass is 16.2. The maximum atomic E-state index is 12.9. The summed E-state index contributed by atoms with van der Waals surface area (Å²) in [6, 6.07) is 0.564. The van der Waals surface area contributed by atoms with Crippen LogP contribution in [0.5, 0.6) is 0 Å². The molecule has 2 N–H and O–H groups in total. The molecule has 0 bridgehead atoms. The van der Waals surface area contributed by atoms with Gasteiger partial charge in [0.25, 0.3) is 0 Å². The molecule has 1 saturated heterocycles. The van der Waals surface area contributed by atoms with Crippen LogP contribution >= 0.6 is 0 Å². The molecular weight excluding hydrogens is 236 g/mol. The largest absolute Gasteiger partial charge is 0.339 e. The summed E-state index contributed by atoms with van der Waals surface area (Å²) in [5.41, 5.74) is 5.85. The van der Waals surface area contributed by atoms with Crippen LogP contribution < -0.4 is 5.73 Å². The topological polar surface area (TPSA) is 46.3 Å². The normalized spacial score (nSPS) is 36.3. The van der Waals surface area contributed by atoms with Gasteiger partial charge in [0.1, 0.15) is 0 Å². The van der Waals surface area contributed by atoms with Gasteiger partial charge in [0.2, 0.25) is 5.91 Å². The van der Waals surface area contributed by atoms with E-state index in [9.17, 15) is 4.79 Å². The zero-order valence-corrected chi connectivity index (χ0v) is 12.0. The standard InChI is InChI=1S/C16H28N2O/c17-11-13-7-3-8-14(13)16(19)18-10-4-9-15(18)12-5-1-2-6-12/h12-15H,1-11,17H2/t13-,14-,15?/m1/s1. The molecule has 2 aliphatic carbocycles. The van der Waals surface area contributed by atoms with Crippen LogP contribution in [0.3, 0.4) is 0 Å². The quantitative estimate of drug-likeness (QED) is 0.851. The third-order valence-corrected chi connectivity index (χ3v) is 5.81. The van der Waals surface area contributed by atoms with E-state index in [0.717, 1.165) is 25.3 Å². The van der Waals surface area contributed by atoms with Gasteiger partial charge in [-0.1, -0.05) is 19.3 Å². The van der Waals surface area contributed by atoms with Crippen molar-refractivity contribution in [3.63, 3.8) is 0 Å². The molecule has 0 spiro atoms. The summed E-state index contributed by atoms with van der Waals surface area (Å²) in [5.74, 6) is 1.94. The summed E-state index contributed by atoms with van der Waals surface area (Å²) in [5, 5.41) is 0. The summed E-state index contributed by atoms with van der Waals surface area (Å²) < 4.78 is 0. The molecule has 0 aromatic rings. The van der Waals surface area contributed by atoms with Crippen LogP contribution in [-0.4, -0.2) is 29.9 Å². The zero-order valence-electron chi connectivity index (χ0n) is 12.0. The lowest BCUT2D eigenvalue weighted by molar-refractivity contribution is -0.138. The Morgan fingerprint density at radius 1 is 1.00 bits per heavy atom. The van der Waals surface area contributed by atoms with Gasteiger partial charge in [-0.05, 0) is 56.9 Å². The number of nitrogens with zero attached hydrogens (tertiary/aromatic N) is 1. The summed E-state index contributed by atoms with van der Waals surface area (Å²) in [4.78, 5) is 15.1. The number of rotatable bonds is 3. The van der Waals surface area contributed by atoms with E-state index in [-0.39, 0.29) is 5.92 Å². The molecule has 3 aliphatic rings. The second kappa shape index (κ2) is 5.82. The average molecular weight is 264 g/mol. The molecule has 2 saturated carbocycles. The lowest BCUT2D eigenvalue weighted by atomic mass is 9.92. The Morgan fingerprint density at radius 3 is 2.53 bits per heavy atom. The van der Waals surface area contributed by atoms with Gasteiger partial charge in [0, 0.05) is 18.5 Å². The number of likely N-dealkylation sites (tertiary alicyclic amines) is 1. The Bertz CT molecular complexity index is 325. The van der Waals surface area contributed by atoms with Crippen LogP contribution in [0.15, 0.2) is 0 Å². The van der Waals surface area contributed by atoms with Crippen molar-refractivity contribution < 1.29 is 4.79 Å². The molecule has 3 rings (SSSR count). The molecule has 3 fully saturated rings. The Morgan fingerprint density at radius 2 is 1.79 bits per heavy atom. The maximum Gasteiger partial charge on any atom is 0.226 e. The molecule has 1 heterocycles. The van der Waals surface area contributed by atoms with E-state index in [2.05, 4.69) is 4.90 Å². The third-order valence-electron chi connectivity index (χ3n) is 5.81. The fourth-order valence-corrected chi connectivity index (χ4v) is 4.76. The lowest BCUT2D eigenvalue weighted by Gasteiger charge is -2.32. The van der Waals surface area contributed by atoms with Crippen molar-refractivity contribution >= 4 is 5.91 Å². The molecule has 0 radical (unpaired) electrons. The van der Waals surface area contributed by atoms with Crippen LogP contribution in [0.1, 0.15) is 57.8 Å². The van der Waals surface area contributed by atoms with E-state index >= 15 is 0 Å². The lowest BCUT2D eigenvalue weighted by Crippen LogP contribution is -2.44. The van der Waals surface area contributed by atoms with E-state index < -0.39 is 0 Å². The van der Waals surface area contributed by atoms with Crippen LogP contribution in [0.2, 0.25) is 0 Å². The van der Waals surface area contributed by atoms with E-state index in [0.29, 0.717) is 24.4 Å². The second-order valence-corrected chi connectivity index (χ2v) is 6.82. The number of carbonyl (C=O) groups excluding carboxylic acids is 1. The maximum absolute atomic E-state index is 12.9. The van der Waals surface area contributed by atoms with Crippen LogP contribution in [-0.2, 0) is 4.79 Å². The Kier molecular flexibility index (Phi) is 4.11. The molecule has 1 aliphatic heterocycles.